The van der Waals surface area contributed by atoms with Gasteiger partial charge in [0, 0.05) is 36.4 Å². The highest BCUT2D eigenvalue weighted by atomic mass is 32.1. The van der Waals surface area contributed by atoms with Crippen LogP contribution in [0.4, 0.5) is 9.52 Å². The number of aryl methyl sites for hydroxylation is 1. The third-order valence-corrected chi connectivity index (χ3v) is 9.16. The van der Waals surface area contributed by atoms with Crippen molar-refractivity contribution in [3.05, 3.63) is 64.7 Å². The highest BCUT2D eigenvalue weighted by Crippen LogP contribution is 2.46. The van der Waals surface area contributed by atoms with E-state index in [-0.39, 0.29) is 35.2 Å². The minimum Gasteiger partial charge on any atom is -0.478 e. The lowest BCUT2D eigenvalue weighted by atomic mass is 9.99. The number of aromatic carboxylic acids is 1. The Morgan fingerprint density at radius 2 is 1.87 bits per heavy atom. The Morgan fingerprint density at radius 1 is 1.13 bits per heavy atom. The van der Waals surface area contributed by atoms with Gasteiger partial charge in [0.25, 0.3) is 0 Å². The first-order chi connectivity index (χ1) is 18.9. The number of anilines is 1. The number of fused-ring (bicyclic) bond motifs is 3. The maximum atomic E-state index is 14.6. The van der Waals surface area contributed by atoms with Gasteiger partial charge in [-0.15, -0.1) is 0 Å². The van der Waals surface area contributed by atoms with Crippen LogP contribution < -0.4 is 4.90 Å². The summed E-state index contributed by atoms with van der Waals surface area (Å²) in [5.74, 6) is -1.37. The van der Waals surface area contributed by atoms with Crippen molar-refractivity contribution in [3.8, 4) is 11.3 Å². The summed E-state index contributed by atoms with van der Waals surface area (Å²) in [6.45, 7) is 1.99. The highest BCUT2D eigenvalue weighted by molar-refractivity contribution is 7.22. The van der Waals surface area contributed by atoms with Crippen molar-refractivity contribution in [2.75, 3.05) is 4.90 Å². The Morgan fingerprint density at radius 3 is 2.56 bits per heavy atom. The van der Waals surface area contributed by atoms with Gasteiger partial charge in [-0.05, 0) is 50.3 Å². The average molecular weight is 548 g/mol. The van der Waals surface area contributed by atoms with E-state index in [1.807, 2.05) is 31.2 Å². The number of esters is 1. The number of nitrogens with zero attached hydrogens (tertiary/aromatic N) is 3. The van der Waals surface area contributed by atoms with Crippen LogP contribution in [0.25, 0.3) is 21.5 Å². The maximum Gasteiger partial charge on any atom is 0.344 e. The van der Waals surface area contributed by atoms with E-state index in [1.54, 1.807) is 0 Å². The van der Waals surface area contributed by atoms with Crippen LogP contribution in [0.15, 0.2) is 40.9 Å². The second-order valence-electron chi connectivity index (χ2n) is 10.8. The molecule has 3 fully saturated rings. The fourth-order valence-corrected chi connectivity index (χ4v) is 7.27. The van der Waals surface area contributed by atoms with Crippen LogP contribution >= 0.6 is 11.3 Å². The molecule has 1 N–H and O–H groups in total. The first kappa shape index (κ1) is 24.3. The highest BCUT2D eigenvalue weighted by Gasteiger charge is 2.44. The number of carboxylic acids is 1. The Labute approximate surface area is 227 Å². The van der Waals surface area contributed by atoms with E-state index in [1.165, 1.54) is 17.4 Å². The summed E-state index contributed by atoms with van der Waals surface area (Å²) in [5, 5.41) is 14.3. The number of carboxylic acid groups (broad SMARTS) is 1. The molecule has 1 unspecified atom stereocenters. The van der Waals surface area contributed by atoms with Gasteiger partial charge in [-0.1, -0.05) is 40.8 Å². The minimum absolute atomic E-state index is 0.0897. The Kier molecular flexibility index (Phi) is 5.69. The van der Waals surface area contributed by atoms with Gasteiger partial charge in [0.05, 0.1) is 10.3 Å². The number of carbonyl (C=O) groups excluding carboxylic acids is 1. The van der Waals surface area contributed by atoms with Gasteiger partial charge in [0.2, 0.25) is 0 Å². The molecule has 0 radical (unpaired) electrons. The summed E-state index contributed by atoms with van der Waals surface area (Å²) in [6.07, 6.45) is 4.82. The molecule has 10 heteroatoms. The van der Waals surface area contributed by atoms with Gasteiger partial charge in [-0.2, -0.15) is 0 Å². The number of carbonyl (C=O) groups is 2. The zero-order valence-corrected chi connectivity index (χ0v) is 22.0. The summed E-state index contributed by atoms with van der Waals surface area (Å²) in [5.41, 5.74) is 2.96. The van der Waals surface area contributed by atoms with Crippen LogP contribution in [0.1, 0.15) is 76.5 Å². The monoisotopic (exact) mass is 547 g/mol. The molecule has 1 saturated carbocycles. The van der Waals surface area contributed by atoms with Crippen molar-refractivity contribution >= 4 is 38.6 Å². The molecule has 2 aromatic carbocycles. The fraction of sp³-hybridized carbons (Fsp3) is 0.379. The summed E-state index contributed by atoms with van der Waals surface area (Å²) in [7, 11) is 0. The summed E-state index contributed by atoms with van der Waals surface area (Å²) in [4.78, 5) is 31.7. The molecule has 3 aliphatic rings. The standard InChI is InChI=1S/C29H26FN3O5S/c1-14-4-2-3-5-20(14)24-23(26(38-32-24)15-6-7-15)28(36)37-19-12-17-8-9-18(13-19)33(17)29-31-25-21(30)10-16(27(34)35)11-22(25)39-29/h2-5,10-11,15,17-19H,6-9,12-13H2,1H3,(H,34,35)/t17-,18+,19?. The second-order valence-corrected chi connectivity index (χ2v) is 11.8. The maximum absolute atomic E-state index is 14.6. The number of aromatic nitrogens is 2. The van der Waals surface area contributed by atoms with Crippen molar-refractivity contribution in [2.24, 2.45) is 0 Å². The van der Waals surface area contributed by atoms with Gasteiger partial charge in [0.1, 0.15) is 22.9 Å². The molecule has 8 nitrogen and oxygen atoms in total. The number of piperidine rings is 1. The van der Waals surface area contributed by atoms with E-state index < -0.39 is 17.8 Å². The van der Waals surface area contributed by atoms with Gasteiger partial charge in [0.15, 0.2) is 16.7 Å². The van der Waals surface area contributed by atoms with Gasteiger partial charge in [-0.3, -0.25) is 0 Å². The zero-order chi connectivity index (χ0) is 26.8. The predicted octanol–water partition coefficient (Wildman–Crippen LogP) is 6.33. The molecule has 0 spiro atoms. The lowest BCUT2D eigenvalue weighted by Gasteiger charge is -2.38. The van der Waals surface area contributed by atoms with Gasteiger partial charge >= 0.3 is 11.9 Å². The third-order valence-electron chi connectivity index (χ3n) is 8.14. The molecular weight excluding hydrogens is 521 g/mol. The van der Waals surface area contributed by atoms with E-state index in [0.29, 0.717) is 39.7 Å². The first-order valence-electron chi connectivity index (χ1n) is 13.3. The summed E-state index contributed by atoms with van der Waals surface area (Å²) in [6, 6.07) is 10.5. The van der Waals surface area contributed by atoms with Crippen LogP contribution in [0.3, 0.4) is 0 Å². The number of benzene rings is 2. The van der Waals surface area contributed by atoms with E-state index in [0.717, 1.165) is 42.9 Å². The summed E-state index contributed by atoms with van der Waals surface area (Å²) >= 11 is 1.31. The molecule has 4 heterocycles. The molecule has 2 bridgehead atoms. The molecule has 2 saturated heterocycles. The molecule has 2 aliphatic heterocycles. The quantitative estimate of drug-likeness (QED) is 0.279. The van der Waals surface area contributed by atoms with Crippen molar-refractivity contribution in [1.29, 1.82) is 0 Å². The molecule has 4 aromatic rings. The van der Waals surface area contributed by atoms with E-state index in [9.17, 15) is 19.1 Å². The molecule has 2 aromatic heterocycles. The van der Waals surface area contributed by atoms with Crippen LogP contribution in [0, 0.1) is 12.7 Å². The SMILES string of the molecule is Cc1ccccc1-c1noc(C2CC2)c1C(=O)OC1C[C@H]2CC[C@@H](C1)N2c1nc2c(F)cc(C(=O)O)cc2s1. The summed E-state index contributed by atoms with van der Waals surface area (Å²) < 4.78 is 26.9. The van der Waals surface area contributed by atoms with Crippen LogP contribution in [-0.2, 0) is 4.74 Å². The van der Waals surface area contributed by atoms with E-state index in [4.69, 9.17) is 9.26 Å². The Balaban J connectivity index is 1.13. The average Bonchev–Trinajstić information content (AvgIpc) is 3.40. The lowest BCUT2D eigenvalue weighted by molar-refractivity contribution is 0.0202. The Hall–Kier alpha value is -3.79. The van der Waals surface area contributed by atoms with Gasteiger partial charge in [-0.25, -0.2) is 19.0 Å². The van der Waals surface area contributed by atoms with Crippen molar-refractivity contribution in [1.82, 2.24) is 10.1 Å². The van der Waals surface area contributed by atoms with Crippen LogP contribution in [-0.4, -0.2) is 45.4 Å². The fourth-order valence-electron chi connectivity index (χ4n) is 6.10. The van der Waals surface area contributed by atoms with Crippen LogP contribution in [0.2, 0.25) is 0 Å². The molecule has 39 heavy (non-hydrogen) atoms. The minimum atomic E-state index is -1.17. The number of thiazole rings is 1. The smallest absolute Gasteiger partial charge is 0.344 e. The number of rotatable bonds is 6. The van der Waals surface area contributed by atoms with Crippen molar-refractivity contribution < 1.29 is 28.3 Å². The number of hydrogen-bond donors (Lipinski definition) is 1. The molecular formula is C29H26FN3O5S. The second kappa shape index (κ2) is 9.15. The van der Waals surface area contributed by atoms with Crippen molar-refractivity contribution in [2.45, 2.75) is 69.6 Å². The molecule has 0 amide bonds. The predicted molar refractivity (Wildman–Crippen MR) is 143 cm³/mol. The number of ether oxygens (including phenoxy) is 1. The normalized spacial score (nSPS) is 22.4. The first-order valence-corrected chi connectivity index (χ1v) is 14.1. The number of halogens is 1. The molecule has 3 atom stereocenters. The largest absolute Gasteiger partial charge is 0.478 e. The van der Waals surface area contributed by atoms with Crippen LogP contribution in [0.5, 0.6) is 0 Å². The Bertz CT molecular complexity index is 1610. The lowest BCUT2D eigenvalue weighted by Crippen LogP contribution is -2.46. The van der Waals surface area contributed by atoms with E-state index >= 15 is 0 Å². The third kappa shape index (κ3) is 4.17. The molecule has 1 aliphatic carbocycles. The topological polar surface area (TPSA) is 106 Å². The number of hydrogen-bond acceptors (Lipinski definition) is 8. The molecule has 200 valence electrons. The van der Waals surface area contributed by atoms with Crippen molar-refractivity contribution in [3.63, 3.8) is 0 Å². The zero-order valence-electron chi connectivity index (χ0n) is 21.2. The van der Waals surface area contributed by atoms with E-state index in [2.05, 4.69) is 15.0 Å². The van der Waals surface area contributed by atoms with Gasteiger partial charge < -0.3 is 19.3 Å². The molecule has 7 rings (SSSR count).